The van der Waals surface area contributed by atoms with Crippen molar-refractivity contribution in [2.45, 2.75) is 12.1 Å². The molecule has 0 N–H and O–H groups in total. The second-order valence-corrected chi connectivity index (χ2v) is 5.77. The van der Waals surface area contributed by atoms with E-state index < -0.39 is 17.7 Å². The Morgan fingerprint density at radius 2 is 1.62 bits per heavy atom. The van der Waals surface area contributed by atoms with Gasteiger partial charge in [-0.15, -0.1) is 0 Å². The first-order chi connectivity index (χ1) is 11.6. The number of oxime groups is 1. The van der Waals surface area contributed by atoms with E-state index in [4.69, 9.17) is 4.84 Å². The maximum absolute atomic E-state index is 12.8. The van der Waals surface area contributed by atoms with Crippen LogP contribution in [0.4, 0.5) is 10.5 Å². The number of rotatable bonds is 2. The van der Waals surface area contributed by atoms with Crippen molar-refractivity contribution in [1.29, 1.82) is 0 Å². The summed E-state index contributed by atoms with van der Waals surface area (Å²) in [4.78, 5) is 33.4. The molecule has 2 heterocycles. The van der Waals surface area contributed by atoms with E-state index >= 15 is 0 Å². The van der Waals surface area contributed by atoms with E-state index in [1.54, 1.807) is 12.1 Å². The zero-order valence-electron chi connectivity index (χ0n) is 13.0. The largest absolute Gasteiger partial charge is 0.355 e. The summed E-state index contributed by atoms with van der Waals surface area (Å²) in [6, 6.07) is 18.1. The number of nitrogens with zero attached hydrogens (tertiary/aromatic N) is 3. The highest BCUT2D eigenvalue weighted by molar-refractivity contribution is 6.19. The molecule has 120 valence electrons. The second kappa shape index (κ2) is 5.19. The van der Waals surface area contributed by atoms with Crippen LogP contribution in [0, 0.1) is 0 Å². The molecule has 2 aromatic rings. The molecule has 0 radical (unpaired) electrons. The van der Waals surface area contributed by atoms with Crippen molar-refractivity contribution in [2.24, 2.45) is 5.16 Å². The molecule has 3 amide bonds. The Balaban J connectivity index is 1.76. The number of likely N-dealkylation sites (N-methyl/N-ethyl adjacent to an activating group) is 1. The van der Waals surface area contributed by atoms with Crippen LogP contribution in [-0.2, 0) is 9.63 Å². The molecule has 1 spiro atoms. The van der Waals surface area contributed by atoms with Gasteiger partial charge in [0.1, 0.15) is 0 Å². The average Bonchev–Trinajstić information content (AvgIpc) is 3.14. The smallest absolute Gasteiger partial charge is 0.334 e. The van der Waals surface area contributed by atoms with Crippen LogP contribution < -0.4 is 4.90 Å². The minimum absolute atomic E-state index is 0.209. The van der Waals surface area contributed by atoms with Crippen molar-refractivity contribution >= 4 is 23.3 Å². The molecule has 4 rings (SSSR count). The van der Waals surface area contributed by atoms with Gasteiger partial charge in [-0.3, -0.25) is 9.69 Å². The molecule has 1 unspecified atom stereocenters. The molecule has 0 aromatic heterocycles. The standard InChI is InChI=1S/C18H15N3O3/c1-20-16(22)18(21(17(20)23)14-10-6-3-7-11-14)12-15(19-24-18)13-8-4-2-5-9-13/h2-11H,12H2,1H3. The van der Waals surface area contributed by atoms with Crippen LogP contribution >= 0.6 is 0 Å². The lowest BCUT2D eigenvalue weighted by molar-refractivity contribution is -0.144. The molecule has 2 aromatic carbocycles. The fourth-order valence-electron chi connectivity index (χ4n) is 3.09. The van der Waals surface area contributed by atoms with Gasteiger partial charge in [0, 0.05) is 7.05 Å². The molecular weight excluding hydrogens is 306 g/mol. The summed E-state index contributed by atoms with van der Waals surface area (Å²) < 4.78 is 0. The number of hydrogen-bond donors (Lipinski definition) is 0. The van der Waals surface area contributed by atoms with Crippen LogP contribution in [0.25, 0.3) is 0 Å². The van der Waals surface area contributed by atoms with Crippen molar-refractivity contribution in [2.75, 3.05) is 11.9 Å². The lowest BCUT2D eigenvalue weighted by atomic mass is 9.99. The Bertz CT molecular complexity index is 835. The second-order valence-electron chi connectivity index (χ2n) is 5.77. The monoisotopic (exact) mass is 321 g/mol. The molecule has 24 heavy (non-hydrogen) atoms. The van der Waals surface area contributed by atoms with E-state index in [9.17, 15) is 9.59 Å². The quantitative estimate of drug-likeness (QED) is 0.799. The zero-order valence-corrected chi connectivity index (χ0v) is 13.0. The molecule has 6 nitrogen and oxygen atoms in total. The summed E-state index contributed by atoms with van der Waals surface area (Å²) in [5.74, 6) is -0.411. The third-order valence-electron chi connectivity index (χ3n) is 4.31. The first kappa shape index (κ1) is 14.4. The number of hydrogen-bond acceptors (Lipinski definition) is 4. The predicted octanol–water partition coefficient (Wildman–Crippen LogP) is 2.61. The van der Waals surface area contributed by atoms with E-state index in [0.717, 1.165) is 10.5 Å². The van der Waals surface area contributed by atoms with Crippen molar-refractivity contribution in [3.8, 4) is 0 Å². The third-order valence-corrected chi connectivity index (χ3v) is 4.31. The van der Waals surface area contributed by atoms with Gasteiger partial charge in [0.25, 0.3) is 5.91 Å². The Morgan fingerprint density at radius 1 is 1.00 bits per heavy atom. The summed E-state index contributed by atoms with van der Waals surface area (Å²) in [6.07, 6.45) is 0.209. The van der Waals surface area contributed by atoms with Crippen molar-refractivity contribution < 1.29 is 14.4 Å². The third kappa shape index (κ3) is 1.93. The summed E-state index contributed by atoms with van der Waals surface area (Å²) >= 11 is 0. The summed E-state index contributed by atoms with van der Waals surface area (Å²) in [5.41, 5.74) is 0.674. The number of imide groups is 1. The maximum Gasteiger partial charge on any atom is 0.334 e. The van der Waals surface area contributed by atoms with Crippen LogP contribution in [0.2, 0.25) is 0 Å². The highest BCUT2D eigenvalue weighted by Gasteiger charge is 2.62. The fourth-order valence-corrected chi connectivity index (χ4v) is 3.09. The maximum atomic E-state index is 12.8. The van der Waals surface area contributed by atoms with Crippen molar-refractivity contribution in [3.05, 3.63) is 66.2 Å². The molecule has 0 saturated carbocycles. The SMILES string of the molecule is CN1C(=O)N(c2ccccc2)C2(CC(c3ccccc3)=NO2)C1=O. The Morgan fingerprint density at radius 3 is 2.29 bits per heavy atom. The number of carbonyl (C=O) groups is 2. The van der Waals surface area contributed by atoms with Crippen LogP contribution in [0.1, 0.15) is 12.0 Å². The number of urea groups is 1. The van der Waals surface area contributed by atoms with Gasteiger partial charge in [0.2, 0.25) is 0 Å². The number of benzene rings is 2. The fraction of sp³-hybridized carbons (Fsp3) is 0.167. The van der Waals surface area contributed by atoms with Gasteiger partial charge in [-0.2, -0.15) is 0 Å². The minimum Gasteiger partial charge on any atom is -0.355 e. The normalized spacial score (nSPS) is 23.0. The van der Waals surface area contributed by atoms with E-state index in [0.29, 0.717) is 11.4 Å². The first-order valence-corrected chi connectivity index (χ1v) is 7.61. The first-order valence-electron chi connectivity index (χ1n) is 7.61. The topological polar surface area (TPSA) is 62.2 Å². The van der Waals surface area contributed by atoms with Crippen molar-refractivity contribution in [3.63, 3.8) is 0 Å². The molecule has 1 fully saturated rings. The highest BCUT2D eigenvalue weighted by Crippen LogP contribution is 2.40. The van der Waals surface area contributed by atoms with E-state index in [-0.39, 0.29) is 6.42 Å². The van der Waals surface area contributed by atoms with Crippen LogP contribution in [0.5, 0.6) is 0 Å². The van der Waals surface area contributed by atoms with E-state index in [1.807, 2.05) is 48.5 Å². The lowest BCUT2D eigenvalue weighted by Gasteiger charge is -2.28. The van der Waals surface area contributed by atoms with Gasteiger partial charge in [0.15, 0.2) is 0 Å². The molecule has 1 atom stereocenters. The Hall–Kier alpha value is -3.15. The highest BCUT2D eigenvalue weighted by atomic mass is 16.7. The molecular formula is C18H15N3O3. The predicted molar refractivity (Wildman–Crippen MR) is 88.5 cm³/mol. The number of amides is 3. The molecule has 1 saturated heterocycles. The Labute approximate surface area is 138 Å². The molecule has 2 aliphatic rings. The molecule has 2 aliphatic heterocycles. The van der Waals surface area contributed by atoms with Crippen LogP contribution in [0.3, 0.4) is 0 Å². The Kier molecular flexibility index (Phi) is 3.13. The molecule has 0 bridgehead atoms. The number of carbonyl (C=O) groups excluding carboxylic acids is 2. The van der Waals surface area contributed by atoms with E-state index in [2.05, 4.69) is 5.16 Å². The molecule has 6 heteroatoms. The van der Waals surface area contributed by atoms with Crippen molar-refractivity contribution in [1.82, 2.24) is 4.90 Å². The van der Waals surface area contributed by atoms with Gasteiger partial charge in [-0.1, -0.05) is 53.7 Å². The van der Waals surface area contributed by atoms with Crippen LogP contribution in [-0.4, -0.2) is 35.3 Å². The van der Waals surface area contributed by atoms with Gasteiger partial charge < -0.3 is 4.84 Å². The van der Waals surface area contributed by atoms with Gasteiger partial charge in [0.05, 0.1) is 17.8 Å². The number of anilines is 1. The summed E-state index contributed by atoms with van der Waals surface area (Å²) in [7, 11) is 1.46. The summed E-state index contributed by atoms with van der Waals surface area (Å²) in [5, 5.41) is 4.11. The van der Waals surface area contributed by atoms with E-state index in [1.165, 1.54) is 11.9 Å². The van der Waals surface area contributed by atoms with Crippen LogP contribution in [0.15, 0.2) is 65.8 Å². The minimum atomic E-state index is -1.45. The zero-order chi connectivity index (χ0) is 16.7. The lowest BCUT2D eigenvalue weighted by Crippen LogP contribution is -2.50. The average molecular weight is 321 g/mol. The van der Waals surface area contributed by atoms with Gasteiger partial charge in [-0.05, 0) is 17.7 Å². The summed E-state index contributed by atoms with van der Waals surface area (Å²) in [6.45, 7) is 0. The number of para-hydroxylation sites is 1. The molecule has 0 aliphatic carbocycles. The van der Waals surface area contributed by atoms with Gasteiger partial charge in [-0.25, -0.2) is 9.69 Å². The van der Waals surface area contributed by atoms with Gasteiger partial charge >= 0.3 is 11.8 Å².